The summed E-state index contributed by atoms with van der Waals surface area (Å²) in [5.74, 6) is -1.24. The second kappa shape index (κ2) is 8.20. The van der Waals surface area contributed by atoms with Gasteiger partial charge in [-0.3, -0.25) is 4.79 Å². The van der Waals surface area contributed by atoms with Gasteiger partial charge in [0.15, 0.2) is 0 Å². The lowest BCUT2D eigenvalue weighted by molar-refractivity contribution is -0.144. The van der Waals surface area contributed by atoms with Crippen molar-refractivity contribution in [2.45, 2.75) is 18.5 Å². The van der Waals surface area contributed by atoms with Crippen LogP contribution in [-0.2, 0) is 14.3 Å². The van der Waals surface area contributed by atoms with Crippen molar-refractivity contribution >= 4 is 23.6 Å². The van der Waals surface area contributed by atoms with Crippen LogP contribution in [0, 0.1) is 0 Å². The number of ether oxygens (including phenoxy) is 1. The fourth-order valence-electron chi connectivity index (χ4n) is 1.07. The maximum atomic E-state index is 11.8. The van der Waals surface area contributed by atoms with Gasteiger partial charge < -0.3 is 15.4 Å². The predicted molar refractivity (Wildman–Crippen MR) is 61.0 cm³/mol. The molecule has 1 amide bonds. The van der Waals surface area contributed by atoms with Crippen molar-refractivity contribution in [1.82, 2.24) is 10.6 Å². The lowest BCUT2D eigenvalue weighted by Crippen LogP contribution is -2.47. The highest BCUT2D eigenvalue weighted by atomic mass is 32.2. The van der Waals surface area contributed by atoms with Crippen molar-refractivity contribution in [2.75, 3.05) is 26.0 Å². The second-order valence-corrected chi connectivity index (χ2v) is 4.43. The van der Waals surface area contributed by atoms with Crippen LogP contribution in [0.15, 0.2) is 0 Å². The summed E-state index contributed by atoms with van der Waals surface area (Å²) in [7, 11) is 1.16. The molecule has 18 heavy (non-hydrogen) atoms. The SMILES string of the molecule is COC(=O)C(CNCCSC(F)(F)F)NC(C)=O. The van der Waals surface area contributed by atoms with E-state index in [-0.39, 0.29) is 30.6 Å². The molecule has 5 nitrogen and oxygen atoms in total. The van der Waals surface area contributed by atoms with Crippen LogP contribution in [0.25, 0.3) is 0 Å². The number of methoxy groups -OCH3 is 1. The van der Waals surface area contributed by atoms with Crippen molar-refractivity contribution in [3.05, 3.63) is 0 Å². The van der Waals surface area contributed by atoms with Crippen LogP contribution >= 0.6 is 11.8 Å². The van der Waals surface area contributed by atoms with Crippen molar-refractivity contribution < 1.29 is 27.5 Å². The van der Waals surface area contributed by atoms with Gasteiger partial charge in [0.05, 0.1) is 7.11 Å². The Labute approximate surface area is 107 Å². The Kier molecular flexibility index (Phi) is 7.76. The maximum Gasteiger partial charge on any atom is 0.441 e. The average Bonchev–Trinajstić information content (AvgIpc) is 2.24. The number of carbonyl (C=O) groups is 2. The number of alkyl halides is 3. The Hall–Kier alpha value is -0.960. The van der Waals surface area contributed by atoms with Crippen LogP contribution in [-0.4, -0.2) is 49.4 Å². The number of halogens is 3. The van der Waals surface area contributed by atoms with E-state index in [4.69, 9.17) is 0 Å². The molecule has 0 aliphatic carbocycles. The molecule has 1 atom stereocenters. The second-order valence-electron chi connectivity index (χ2n) is 3.27. The third-order valence-electron chi connectivity index (χ3n) is 1.76. The van der Waals surface area contributed by atoms with E-state index in [9.17, 15) is 22.8 Å². The predicted octanol–water partition coefficient (Wildman–Crippen LogP) is 0.507. The van der Waals surface area contributed by atoms with Crippen LogP contribution in [0.2, 0.25) is 0 Å². The Balaban J connectivity index is 3.90. The van der Waals surface area contributed by atoms with Crippen molar-refractivity contribution in [2.24, 2.45) is 0 Å². The third-order valence-corrected chi connectivity index (χ3v) is 2.49. The minimum absolute atomic E-state index is 0.0185. The van der Waals surface area contributed by atoms with E-state index in [2.05, 4.69) is 15.4 Å². The van der Waals surface area contributed by atoms with Crippen molar-refractivity contribution in [1.29, 1.82) is 0 Å². The number of nitrogens with one attached hydrogen (secondary N) is 2. The molecule has 0 fully saturated rings. The molecule has 106 valence electrons. The summed E-state index contributed by atoms with van der Waals surface area (Å²) in [4.78, 5) is 22.0. The molecule has 0 rings (SSSR count). The zero-order valence-electron chi connectivity index (χ0n) is 9.97. The Morgan fingerprint density at radius 3 is 2.44 bits per heavy atom. The summed E-state index contributed by atoms with van der Waals surface area (Å²) in [6.07, 6.45) is 0. The fourth-order valence-corrected chi connectivity index (χ4v) is 1.54. The molecule has 0 spiro atoms. The Morgan fingerprint density at radius 2 is 2.00 bits per heavy atom. The van der Waals surface area contributed by atoms with Gasteiger partial charge in [-0.2, -0.15) is 13.2 Å². The normalized spacial score (nSPS) is 12.9. The molecule has 9 heteroatoms. The number of rotatable bonds is 7. The van der Waals surface area contributed by atoms with Gasteiger partial charge in [0.25, 0.3) is 0 Å². The molecule has 0 aromatic rings. The number of thioether (sulfide) groups is 1. The van der Waals surface area contributed by atoms with Gasteiger partial charge in [-0.25, -0.2) is 4.79 Å². The first kappa shape index (κ1) is 17.0. The lowest BCUT2D eigenvalue weighted by Gasteiger charge is -2.16. The molecule has 0 aliphatic rings. The van der Waals surface area contributed by atoms with E-state index in [1.165, 1.54) is 6.92 Å². The quantitative estimate of drug-likeness (QED) is 0.528. The van der Waals surface area contributed by atoms with Gasteiger partial charge >= 0.3 is 11.5 Å². The maximum absolute atomic E-state index is 11.8. The molecule has 0 saturated heterocycles. The average molecular weight is 288 g/mol. The van der Waals surface area contributed by atoms with Gasteiger partial charge in [0.2, 0.25) is 5.91 Å². The first-order chi connectivity index (χ1) is 8.26. The summed E-state index contributed by atoms with van der Waals surface area (Å²) in [6.45, 7) is 1.32. The van der Waals surface area contributed by atoms with Crippen LogP contribution < -0.4 is 10.6 Å². The molecule has 0 heterocycles. The number of amides is 1. The van der Waals surface area contributed by atoms with Crippen LogP contribution in [0.3, 0.4) is 0 Å². The standard InChI is InChI=1S/C9H15F3N2O3S/c1-6(15)14-7(8(16)17-2)5-13-3-4-18-9(10,11)12/h7,13H,3-5H2,1-2H3,(H,14,15). The Bertz CT molecular complexity index is 287. The Morgan fingerprint density at radius 1 is 1.39 bits per heavy atom. The van der Waals surface area contributed by atoms with E-state index >= 15 is 0 Å². The minimum atomic E-state index is -4.26. The summed E-state index contributed by atoms with van der Waals surface area (Å²) in [6, 6.07) is -0.900. The van der Waals surface area contributed by atoms with E-state index < -0.39 is 23.4 Å². The highest BCUT2D eigenvalue weighted by Crippen LogP contribution is 2.29. The molecule has 0 saturated carbocycles. The monoisotopic (exact) mass is 288 g/mol. The number of hydrogen-bond acceptors (Lipinski definition) is 5. The van der Waals surface area contributed by atoms with E-state index in [1.807, 2.05) is 0 Å². The number of hydrogen-bond donors (Lipinski definition) is 2. The van der Waals surface area contributed by atoms with Crippen LogP contribution in [0.5, 0.6) is 0 Å². The molecular weight excluding hydrogens is 273 g/mol. The molecular formula is C9H15F3N2O3S. The van der Waals surface area contributed by atoms with Crippen molar-refractivity contribution in [3.63, 3.8) is 0 Å². The summed E-state index contributed by atoms with van der Waals surface area (Å²) in [5, 5.41) is 4.97. The third kappa shape index (κ3) is 9.11. The zero-order chi connectivity index (χ0) is 14.2. The minimum Gasteiger partial charge on any atom is -0.467 e. The first-order valence-electron chi connectivity index (χ1n) is 5.02. The van der Waals surface area contributed by atoms with Gasteiger partial charge in [0, 0.05) is 25.8 Å². The molecule has 0 aromatic carbocycles. The molecule has 0 aromatic heterocycles. The molecule has 1 unspecified atom stereocenters. The van der Waals surface area contributed by atoms with Gasteiger partial charge in [-0.05, 0) is 11.8 Å². The lowest BCUT2D eigenvalue weighted by atomic mass is 10.3. The largest absolute Gasteiger partial charge is 0.467 e. The molecule has 0 bridgehead atoms. The van der Waals surface area contributed by atoms with Crippen LogP contribution in [0.4, 0.5) is 13.2 Å². The van der Waals surface area contributed by atoms with Crippen LogP contribution in [0.1, 0.15) is 6.92 Å². The first-order valence-corrected chi connectivity index (χ1v) is 6.01. The smallest absolute Gasteiger partial charge is 0.441 e. The number of carbonyl (C=O) groups excluding carboxylic acids is 2. The summed E-state index contributed by atoms with van der Waals surface area (Å²) < 4.78 is 39.8. The highest BCUT2D eigenvalue weighted by molar-refractivity contribution is 8.00. The zero-order valence-corrected chi connectivity index (χ0v) is 10.8. The number of esters is 1. The van der Waals surface area contributed by atoms with E-state index in [0.717, 1.165) is 7.11 Å². The molecule has 0 radical (unpaired) electrons. The van der Waals surface area contributed by atoms with Gasteiger partial charge in [-0.1, -0.05) is 0 Å². The van der Waals surface area contributed by atoms with Gasteiger partial charge in [-0.15, -0.1) is 0 Å². The topological polar surface area (TPSA) is 67.4 Å². The molecule has 0 aliphatic heterocycles. The summed E-state index contributed by atoms with van der Waals surface area (Å²) >= 11 is -0.153. The van der Waals surface area contributed by atoms with Crippen molar-refractivity contribution in [3.8, 4) is 0 Å². The fraction of sp³-hybridized carbons (Fsp3) is 0.778. The van der Waals surface area contributed by atoms with E-state index in [1.54, 1.807) is 0 Å². The van der Waals surface area contributed by atoms with Gasteiger partial charge in [0.1, 0.15) is 6.04 Å². The van der Waals surface area contributed by atoms with E-state index in [0.29, 0.717) is 0 Å². The highest BCUT2D eigenvalue weighted by Gasteiger charge is 2.27. The summed E-state index contributed by atoms with van der Waals surface area (Å²) in [5.41, 5.74) is -4.26. The molecule has 2 N–H and O–H groups in total.